The predicted molar refractivity (Wildman–Crippen MR) is 170 cm³/mol. The van der Waals surface area contributed by atoms with Crippen molar-refractivity contribution in [2.24, 2.45) is 10.9 Å². The maximum absolute atomic E-state index is 11.6. The molecule has 2 aromatic rings. The largest absolute Gasteiger partial charge is 0.481 e. The number of carboxylic acid groups (broad SMARTS) is 1. The van der Waals surface area contributed by atoms with E-state index >= 15 is 0 Å². The summed E-state index contributed by atoms with van der Waals surface area (Å²) in [6, 6.07) is 12.4. The molecule has 0 heterocycles. The van der Waals surface area contributed by atoms with Crippen LogP contribution >= 0.6 is 0 Å². The minimum atomic E-state index is -0.668. The topological polar surface area (TPSA) is 82.0 Å². The maximum Gasteiger partial charge on any atom is 0.307 e. The number of carbonyl (C=O) groups excluding carboxylic acids is 1. The number of anilines is 1. The molecule has 2 atom stereocenters. The third-order valence-electron chi connectivity index (χ3n) is 7.52. The van der Waals surface area contributed by atoms with E-state index in [4.69, 9.17) is 0 Å². The molecule has 6 heteroatoms. The highest BCUT2D eigenvalue weighted by Crippen LogP contribution is 2.40. The van der Waals surface area contributed by atoms with Crippen molar-refractivity contribution in [1.82, 2.24) is 4.90 Å². The molecular formula is C34H53N3O3. The van der Waals surface area contributed by atoms with Gasteiger partial charge < -0.3 is 15.3 Å². The monoisotopic (exact) mass is 551 g/mol. The highest BCUT2D eigenvalue weighted by atomic mass is 16.4. The molecule has 1 aliphatic rings. The summed E-state index contributed by atoms with van der Waals surface area (Å²) in [7, 11) is 1.87. The summed E-state index contributed by atoms with van der Waals surface area (Å²) in [5.74, 6) is 0.231. The van der Waals surface area contributed by atoms with Gasteiger partial charge in [0.05, 0.1) is 5.92 Å². The molecule has 222 valence electrons. The first-order chi connectivity index (χ1) is 19.2. The molecule has 40 heavy (non-hydrogen) atoms. The third-order valence-corrected chi connectivity index (χ3v) is 7.52. The number of fused-ring (bicyclic) bond motifs is 1. The molecule has 3 rings (SSSR count). The highest BCUT2D eigenvalue weighted by Gasteiger charge is 2.33. The lowest BCUT2D eigenvalue weighted by molar-refractivity contribution is -0.142. The predicted octanol–water partition coefficient (Wildman–Crippen LogP) is 8.00. The number of amidine groups is 1. The number of hydrogen-bond acceptors (Lipinski definition) is 3. The lowest BCUT2D eigenvalue weighted by Gasteiger charge is -2.25. The van der Waals surface area contributed by atoms with Crippen molar-refractivity contribution in [3.05, 3.63) is 64.2 Å². The second-order valence-corrected chi connectivity index (χ2v) is 10.2. The van der Waals surface area contributed by atoms with E-state index in [1.165, 1.54) is 48.4 Å². The molecule has 2 N–H and O–H groups in total. The number of aliphatic imine (C=N–C) groups is 1. The van der Waals surface area contributed by atoms with Gasteiger partial charge in [0, 0.05) is 38.3 Å². The zero-order valence-electron chi connectivity index (χ0n) is 26.4. The number of nitrogens with zero attached hydrogens (tertiary/aromatic N) is 2. The van der Waals surface area contributed by atoms with Gasteiger partial charge in [-0.05, 0) is 92.8 Å². The van der Waals surface area contributed by atoms with Crippen LogP contribution in [0.3, 0.4) is 0 Å². The van der Waals surface area contributed by atoms with Gasteiger partial charge in [-0.1, -0.05) is 58.7 Å². The zero-order valence-corrected chi connectivity index (χ0v) is 26.4. The summed E-state index contributed by atoms with van der Waals surface area (Å²) < 4.78 is 0. The average Bonchev–Trinajstić information content (AvgIpc) is 3.35. The molecule has 2 unspecified atom stereocenters. The number of benzene rings is 2. The van der Waals surface area contributed by atoms with Crippen LogP contribution in [0, 0.1) is 19.8 Å². The summed E-state index contributed by atoms with van der Waals surface area (Å²) in [6.45, 7) is 18.0. The Morgan fingerprint density at radius 1 is 1.05 bits per heavy atom. The summed E-state index contributed by atoms with van der Waals surface area (Å²) >= 11 is 0. The molecule has 1 aliphatic carbocycles. The molecule has 0 aliphatic heterocycles. The molecule has 0 bridgehead atoms. The van der Waals surface area contributed by atoms with Gasteiger partial charge in [0.1, 0.15) is 5.84 Å². The summed E-state index contributed by atoms with van der Waals surface area (Å²) in [4.78, 5) is 29.2. The van der Waals surface area contributed by atoms with Gasteiger partial charge in [-0.3, -0.25) is 14.6 Å². The molecule has 0 spiro atoms. The summed E-state index contributed by atoms with van der Waals surface area (Å²) in [5, 5.41) is 12.3. The molecule has 0 saturated heterocycles. The number of rotatable bonds is 10. The zero-order chi connectivity index (χ0) is 30.2. The highest BCUT2D eigenvalue weighted by molar-refractivity contribution is 5.99. The Morgan fingerprint density at radius 3 is 2.27 bits per heavy atom. The lowest BCUT2D eigenvalue weighted by atomic mass is 9.85. The first-order valence-corrected chi connectivity index (χ1v) is 15.1. The van der Waals surface area contributed by atoms with Crippen LogP contribution < -0.4 is 5.32 Å². The van der Waals surface area contributed by atoms with Crippen molar-refractivity contribution < 1.29 is 14.7 Å². The van der Waals surface area contributed by atoms with E-state index in [9.17, 15) is 14.7 Å². The van der Waals surface area contributed by atoms with Crippen molar-refractivity contribution in [3.63, 3.8) is 0 Å². The minimum Gasteiger partial charge on any atom is -0.481 e. The van der Waals surface area contributed by atoms with Gasteiger partial charge in [0.15, 0.2) is 0 Å². The Morgan fingerprint density at radius 2 is 1.75 bits per heavy atom. The number of aliphatic carboxylic acids is 1. The van der Waals surface area contributed by atoms with Crippen LogP contribution in [0.1, 0.15) is 107 Å². The number of carbonyl (C=O) groups is 2. The standard InChI is InChI=1S/C22H34N2O2.C10H13NO.C2H6/c1-5-8-9-14-24(7-3)21(23-4)17-11-12-19-16(15-17)10-13-20(19)18(6-2)22(25)26;1-7-4-5-10(6-8(7)2)11-9(3)12;1-2/h11-12,15,18,20H,5-10,13-14H2,1-4H3,(H,25,26);4-6H,1-3H3,(H,11,12);1-2H3. The summed E-state index contributed by atoms with van der Waals surface area (Å²) in [6.07, 6.45) is 6.25. The van der Waals surface area contributed by atoms with Crippen molar-refractivity contribution in [2.45, 2.75) is 99.8 Å². The van der Waals surface area contributed by atoms with Crippen LogP contribution in [-0.2, 0) is 16.0 Å². The van der Waals surface area contributed by atoms with Crippen LogP contribution in [0.4, 0.5) is 5.69 Å². The quantitative estimate of drug-likeness (QED) is 0.178. The Hall–Kier alpha value is -3.15. The summed E-state index contributed by atoms with van der Waals surface area (Å²) in [5.41, 5.74) is 7.00. The number of unbranched alkanes of at least 4 members (excludes halogenated alkanes) is 2. The molecule has 0 fully saturated rings. The Labute approximate surface area is 243 Å². The fourth-order valence-electron chi connectivity index (χ4n) is 5.28. The van der Waals surface area contributed by atoms with Gasteiger partial charge in [-0.2, -0.15) is 0 Å². The first-order valence-electron chi connectivity index (χ1n) is 15.1. The van der Waals surface area contributed by atoms with Crippen LogP contribution in [0.25, 0.3) is 0 Å². The van der Waals surface area contributed by atoms with Gasteiger partial charge in [0.2, 0.25) is 5.91 Å². The number of amides is 1. The average molecular weight is 552 g/mol. The minimum absolute atomic E-state index is 0.0294. The fraction of sp³-hybridized carbons (Fsp3) is 0.559. The van der Waals surface area contributed by atoms with Crippen LogP contribution in [0.2, 0.25) is 0 Å². The van der Waals surface area contributed by atoms with Gasteiger partial charge in [0.25, 0.3) is 0 Å². The Balaban J connectivity index is 0.000000477. The molecule has 1 amide bonds. The second-order valence-electron chi connectivity index (χ2n) is 10.2. The van der Waals surface area contributed by atoms with Crippen LogP contribution in [0.5, 0.6) is 0 Å². The number of carboxylic acids is 1. The van der Waals surface area contributed by atoms with Crippen molar-refractivity contribution >= 4 is 23.4 Å². The van der Waals surface area contributed by atoms with Crippen molar-refractivity contribution in [1.29, 1.82) is 0 Å². The Bertz CT molecular complexity index is 1110. The molecular weight excluding hydrogens is 498 g/mol. The van der Waals surface area contributed by atoms with E-state index in [2.05, 4.69) is 47.3 Å². The van der Waals surface area contributed by atoms with Gasteiger partial charge in [-0.15, -0.1) is 0 Å². The van der Waals surface area contributed by atoms with E-state index in [0.717, 1.165) is 43.0 Å². The van der Waals surface area contributed by atoms with Gasteiger partial charge >= 0.3 is 5.97 Å². The van der Waals surface area contributed by atoms with E-state index in [1.54, 1.807) is 0 Å². The van der Waals surface area contributed by atoms with Crippen LogP contribution in [0.15, 0.2) is 41.4 Å². The van der Waals surface area contributed by atoms with Crippen molar-refractivity contribution in [2.75, 3.05) is 25.5 Å². The van der Waals surface area contributed by atoms with Crippen molar-refractivity contribution in [3.8, 4) is 0 Å². The lowest BCUT2D eigenvalue weighted by Crippen LogP contribution is -2.32. The smallest absolute Gasteiger partial charge is 0.307 e. The van der Waals surface area contributed by atoms with E-state index in [1.807, 2.05) is 59.9 Å². The molecule has 6 nitrogen and oxygen atoms in total. The number of nitrogens with one attached hydrogen (secondary N) is 1. The number of aryl methyl sites for hydroxylation is 3. The number of hydrogen-bond donors (Lipinski definition) is 2. The molecule has 0 radical (unpaired) electrons. The molecule has 0 aromatic heterocycles. The fourth-order valence-corrected chi connectivity index (χ4v) is 5.28. The van der Waals surface area contributed by atoms with E-state index < -0.39 is 5.97 Å². The maximum atomic E-state index is 11.6. The van der Waals surface area contributed by atoms with E-state index in [-0.39, 0.29) is 17.7 Å². The Kier molecular flexibility index (Phi) is 15.9. The second kappa shape index (κ2) is 18.2. The normalized spacial score (nSPS) is 14.6. The molecule has 0 saturated carbocycles. The molecule has 2 aromatic carbocycles. The third kappa shape index (κ3) is 10.1. The van der Waals surface area contributed by atoms with E-state index in [0.29, 0.717) is 6.42 Å². The van der Waals surface area contributed by atoms with Gasteiger partial charge in [-0.25, -0.2) is 0 Å². The SMILES string of the molecule is CC.CC(=O)Nc1ccc(C)c(C)c1.CCCCCN(CC)C(=NC)c1ccc2c(c1)CCC2C(CC)C(=O)O. The first kappa shape index (κ1) is 34.9. The van der Waals surface area contributed by atoms with Crippen LogP contribution in [-0.4, -0.2) is 47.9 Å².